The van der Waals surface area contributed by atoms with Crippen LogP contribution < -0.4 is 19.1 Å². The molecule has 1 amide bonds. The maximum atomic E-state index is 13.6. The van der Waals surface area contributed by atoms with Crippen LogP contribution in [0.1, 0.15) is 13.8 Å². The molecule has 1 atom stereocenters. The molecule has 0 unspecified atom stereocenters. The van der Waals surface area contributed by atoms with E-state index in [0.29, 0.717) is 18.2 Å². The average molecular weight is 640 g/mol. The fourth-order valence-electron chi connectivity index (χ4n) is 3.45. The Morgan fingerprint density at radius 3 is 2.50 bits per heavy atom. The van der Waals surface area contributed by atoms with E-state index in [9.17, 15) is 30.8 Å². The standard InChI is InChI=1S/C24H22ClF4N3O5S3/c1-23(2,24(27,28)29)37-22(33)31-15-5-8-19-18(11-15)32(40(34,35)17-6-3-14(26)4-7-17)13-16(36-19)12-30-39-21-10-9-20(25)38-21/h3-11,16,30H,12-13H2,1-2H3,(H,31,33)/t16-/m0/s1. The molecule has 1 aliphatic heterocycles. The van der Waals surface area contributed by atoms with Crippen LogP contribution in [0.3, 0.4) is 0 Å². The molecule has 0 bridgehead atoms. The second-order valence-corrected chi connectivity index (χ2v) is 13.7. The van der Waals surface area contributed by atoms with Gasteiger partial charge in [-0.15, -0.1) is 11.3 Å². The van der Waals surface area contributed by atoms with E-state index >= 15 is 0 Å². The Morgan fingerprint density at radius 2 is 1.88 bits per heavy atom. The molecule has 16 heteroatoms. The summed E-state index contributed by atoms with van der Waals surface area (Å²) in [5, 5.41) is 2.19. The maximum Gasteiger partial charge on any atom is 0.427 e. The zero-order valence-corrected chi connectivity index (χ0v) is 24.0. The minimum atomic E-state index is -4.81. The van der Waals surface area contributed by atoms with E-state index in [0.717, 1.165) is 32.8 Å². The molecular formula is C24H22ClF4N3O5S3. The van der Waals surface area contributed by atoms with Gasteiger partial charge in [0.15, 0.2) is 0 Å². The van der Waals surface area contributed by atoms with Gasteiger partial charge in [-0.3, -0.25) is 14.3 Å². The number of anilines is 2. The van der Waals surface area contributed by atoms with Crippen LogP contribution in [-0.4, -0.2) is 45.5 Å². The lowest BCUT2D eigenvalue weighted by molar-refractivity contribution is -0.242. The zero-order chi connectivity index (χ0) is 29.3. The van der Waals surface area contributed by atoms with Crippen LogP contribution in [0.4, 0.5) is 33.7 Å². The number of alkyl halides is 3. The van der Waals surface area contributed by atoms with E-state index in [1.54, 1.807) is 6.07 Å². The van der Waals surface area contributed by atoms with Crippen molar-refractivity contribution in [1.82, 2.24) is 4.72 Å². The van der Waals surface area contributed by atoms with Crippen molar-refractivity contribution in [2.75, 3.05) is 22.7 Å². The number of carbonyl (C=O) groups is 1. The number of thiophene rings is 1. The molecule has 0 aliphatic carbocycles. The van der Waals surface area contributed by atoms with Gasteiger partial charge in [0, 0.05) is 12.2 Å². The van der Waals surface area contributed by atoms with E-state index in [1.165, 1.54) is 41.5 Å². The predicted molar refractivity (Wildman–Crippen MR) is 145 cm³/mol. The van der Waals surface area contributed by atoms with Crippen LogP contribution in [0.25, 0.3) is 0 Å². The number of nitrogens with zero attached hydrogens (tertiary/aromatic N) is 1. The number of sulfonamides is 1. The SMILES string of the molecule is CC(C)(OC(=O)Nc1ccc2c(c1)N(S(=O)(=O)c1ccc(F)cc1)C[C@H](CNSc1ccc(Cl)s1)O2)C(F)(F)F. The molecule has 0 saturated heterocycles. The maximum absolute atomic E-state index is 13.6. The van der Waals surface area contributed by atoms with Gasteiger partial charge in [0.05, 0.1) is 25.7 Å². The summed E-state index contributed by atoms with van der Waals surface area (Å²) in [4.78, 5) is 12.0. The largest absolute Gasteiger partial charge is 0.485 e. The number of hydrogen-bond acceptors (Lipinski definition) is 8. The van der Waals surface area contributed by atoms with Crippen LogP contribution >= 0.6 is 34.9 Å². The van der Waals surface area contributed by atoms with Gasteiger partial charge in [-0.05, 0) is 80.4 Å². The number of nitrogens with one attached hydrogen (secondary N) is 2. The first kappa shape index (κ1) is 30.2. The number of carbonyl (C=O) groups excluding carboxylic acids is 1. The van der Waals surface area contributed by atoms with Gasteiger partial charge in [0.2, 0.25) is 5.60 Å². The highest BCUT2D eigenvalue weighted by Crippen LogP contribution is 2.40. The Bertz CT molecular complexity index is 1480. The topological polar surface area (TPSA) is 97.0 Å². The highest BCUT2D eigenvalue weighted by atomic mass is 35.5. The average Bonchev–Trinajstić information content (AvgIpc) is 3.27. The smallest absolute Gasteiger partial charge is 0.427 e. The summed E-state index contributed by atoms with van der Waals surface area (Å²) in [5.41, 5.74) is -2.78. The minimum absolute atomic E-state index is 0.0196. The molecule has 2 aromatic carbocycles. The lowest BCUT2D eigenvalue weighted by Crippen LogP contribution is -2.47. The number of hydrogen-bond donors (Lipinski definition) is 2. The molecule has 0 spiro atoms. The van der Waals surface area contributed by atoms with Crippen LogP contribution in [0.15, 0.2) is 63.7 Å². The van der Waals surface area contributed by atoms with E-state index in [4.69, 9.17) is 16.3 Å². The summed E-state index contributed by atoms with van der Waals surface area (Å²) in [6.07, 6.45) is -6.87. The Balaban J connectivity index is 1.59. The summed E-state index contributed by atoms with van der Waals surface area (Å²) in [5.74, 6) is -0.483. The fraction of sp³-hybridized carbons (Fsp3) is 0.292. The second kappa shape index (κ2) is 11.6. The lowest BCUT2D eigenvalue weighted by Gasteiger charge is -2.35. The molecule has 2 heterocycles. The summed E-state index contributed by atoms with van der Waals surface area (Å²) >= 11 is 8.60. The predicted octanol–water partition coefficient (Wildman–Crippen LogP) is 6.68. The molecule has 8 nitrogen and oxygen atoms in total. The number of fused-ring (bicyclic) bond motifs is 1. The van der Waals surface area contributed by atoms with Crippen molar-refractivity contribution >= 4 is 62.4 Å². The van der Waals surface area contributed by atoms with Crippen molar-refractivity contribution in [3.63, 3.8) is 0 Å². The number of halogens is 5. The quantitative estimate of drug-likeness (QED) is 0.210. The molecule has 4 rings (SSSR count). The van der Waals surface area contributed by atoms with Gasteiger partial charge >= 0.3 is 12.3 Å². The zero-order valence-electron chi connectivity index (χ0n) is 20.8. The van der Waals surface area contributed by atoms with Crippen LogP contribution in [0, 0.1) is 5.82 Å². The molecule has 0 fully saturated rings. The number of rotatable bonds is 8. The Labute approximate surface area is 240 Å². The number of amides is 1. The Morgan fingerprint density at radius 1 is 1.18 bits per heavy atom. The van der Waals surface area contributed by atoms with Gasteiger partial charge in [0.25, 0.3) is 10.0 Å². The third-order valence-electron chi connectivity index (χ3n) is 5.60. The van der Waals surface area contributed by atoms with E-state index in [1.807, 2.05) is 6.07 Å². The first-order valence-electron chi connectivity index (χ1n) is 11.5. The van der Waals surface area contributed by atoms with Crippen LogP contribution in [0.2, 0.25) is 4.34 Å². The summed E-state index contributed by atoms with van der Waals surface area (Å²) < 4.78 is 96.2. The molecule has 0 saturated carbocycles. The summed E-state index contributed by atoms with van der Waals surface area (Å²) in [7, 11) is -4.25. The van der Waals surface area contributed by atoms with Crippen molar-refractivity contribution in [2.24, 2.45) is 0 Å². The highest BCUT2D eigenvalue weighted by Gasteiger charge is 2.51. The lowest BCUT2D eigenvalue weighted by atomic mass is 10.1. The monoisotopic (exact) mass is 639 g/mol. The third-order valence-corrected chi connectivity index (χ3v) is 9.57. The van der Waals surface area contributed by atoms with E-state index in [-0.39, 0.29) is 35.1 Å². The number of benzene rings is 2. The van der Waals surface area contributed by atoms with Crippen molar-refractivity contribution in [3.8, 4) is 5.75 Å². The van der Waals surface area contributed by atoms with Crippen molar-refractivity contribution in [3.05, 3.63) is 64.8 Å². The van der Waals surface area contributed by atoms with Gasteiger partial charge in [-0.25, -0.2) is 17.6 Å². The Kier molecular flexibility index (Phi) is 8.80. The Hall–Kier alpha value is -2.72. The highest BCUT2D eigenvalue weighted by molar-refractivity contribution is 7.99. The van der Waals surface area contributed by atoms with Gasteiger partial charge in [0.1, 0.15) is 17.7 Å². The van der Waals surface area contributed by atoms with Crippen molar-refractivity contribution in [2.45, 2.75) is 40.8 Å². The molecular weight excluding hydrogens is 618 g/mol. The molecule has 216 valence electrons. The third kappa shape index (κ3) is 6.94. The van der Waals surface area contributed by atoms with Crippen molar-refractivity contribution in [1.29, 1.82) is 0 Å². The molecule has 1 aliphatic rings. The van der Waals surface area contributed by atoms with E-state index < -0.39 is 39.8 Å². The second-order valence-electron chi connectivity index (χ2n) is 8.94. The molecule has 0 radical (unpaired) electrons. The first-order valence-corrected chi connectivity index (χ1v) is 14.9. The molecule has 3 aromatic rings. The molecule has 2 N–H and O–H groups in total. The minimum Gasteiger partial charge on any atom is -0.485 e. The number of ether oxygens (including phenoxy) is 2. The fourth-order valence-corrected chi connectivity index (χ4v) is 7.02. The van der Waals surface area contributed by atoms with E-state index in [2.05, 4.69) is 14.8 Å². The molecule has 1 aromatic heterocycles. The van der Waals surface area contributed by atoms with Crippen molar-refractivity contribution < 1.29 is 40.2 Å². The summed E-state index contributed by atoms with van der Waals surface area (Å²) in [6, 6.07) is 11.8. The summed E-state index contributed by atoms with van der Waals surface area (Å²) in [6.45, 7) is 1.45. The van der Waals surface area contributed by atoms with Crippen LogP contribution in [0.5, 0.6) is 5.75 Å². The van der Waals surface area contributed by atoms with Gasteiger partial charge < -0.3 is 9.47 Å². The first-order chi connectivity index (χ1) is 18.7. The van der Waals surface area contributed by atoms with Gasteiger partial charge in [-0.1, -0.05) is 11.6 Å². The van der Waals surface area contributed by atoms with Gasteiger partial charge in [-0.2, -0.15) is 13.2 Å². The molecule has 40 heavy (non-hydrogen) atoms. The normalized spacial score (nSPS) is 15.8. The van der Waals surface area contributed by atoms with Crippen LogP contribution in [-0.2, 0) is 14.8 Å².